The maximum absolute atomic E-state index is 5.45. The van der Waals surface area contributed by atoms with Gasteiger partial charge in [-0.25, -0.2) is 0 Å². The van der Waals surface area contributed by atoms with E-state index in [1.165, 1.54) is 25.9 Å². The molecule has 3 heteroatoms. The van der Waals surface area contributed by atoms with Crippen LogP contribution in [0.25, 0.3) is 0 Å². The summed E-state index contributed by atoms with van der Waals surface area (Å²) in [5.74, 6) is 0.769. The van der Waals surface area contributed by atoms with Gasteiger partial charge in [0.05, 0.1) is 6.61 Å². The van der Waals surface area contributed by atoms with Crippen molar-refractivity contribution in [2.75, 3.05) is 33.4 Å². The van der Waals surface area contributed by atoms with Gasteiger partial charge in [0.2, 0.25) is 0 Å². The maximum Gasteiger partial charge on any atom is 0.0509 e. The molecule has 0 radical (unpaired) electrons. The SMILES string of the molecule is CNC1CCN(C(C)C2CCOC2)C1. The molecule has 0 bridgehead atoms. The largest absolute Gasteiger partial charge is 0.381 e. The summed E-state index contributed by atoms with van der Waals surface area (Å²) in [4.78, 5) is 2.61. The fourth-order valence-corrected chi connectivity index (χ4v) is 2.62. The topological polar surface area (TPSA) is 24.5 Å². The van der Waals surface area contributed by atoms with Gasteiger partial charge < -0.3 is 10.1 Å². The number of rotatable bonds is 3. The lowest BCUT2D eigenvalue weighted by Gasteiger charge is -2.28. The normalized spacial score (nSPS) is 36.4. The zero-order valence-electron chi connectivity index (χ0n) is 9.33. The molecule has 0 aromatic heterocycles. The van der Waals surface area contributed by atoms with Crippen molar-refractivity contribution in [2.24, 2.45) is 5.92 Å². The second-order valence-electron chi connectivity index (χ2n) is 4.63. The van der Waals surface area contributed by atoms with Gasteiger partial charge in [0.1, 0.15) is 0 Å². The standard InChI is InChI=1S/C11H22N2O/c1-9(10-4-6-14-8-10)13-5-3-11(7-13)12-2/h9-12H,3-8H2,1-2H3. The monoisotopic (exact) mass is 198 g/mol. The van der Waals surface area contributed by atoms with Crippen LogP contribution in [-0.4, -0.2) is 50.3 Å². The molecule has 2 rings (SSSR count). The summed E-state index contributed by atoms with van der Waals surface area (Å²) in [5.41, 5.74) is 0. The molecule has 82 valence electrons. The van der Waals surface area contributed by atoms with E-state index in [4.69, 9.17) is 4.74 Å². The zero-order chi connectivity index (χ0) is 9.97. The molecule has 1 N–H and O–H groups in total. The van der Waals surface area contributed by atoms with E-state index in [2.05, 4.69) is 24.2 Å². The molecule has 0 aromatic carbocycles. The molecule has 3 atom stereocenters. The number of ether oxygens (including phenoxy) is 1. The maximum atomic E-state index is 5.45. The zero-order valence-corrected chi connectivity index (χ0v) is 9.33. The summed E-state index contributed by atoms with van der Waals surface area (Å²) in [5, 5.41) is 3.37. The summed E-state index contributed by atoms with van der Waals surface area (Å²) < 4.78 is 5.45. The minimum Gasteiger partial charge on any atom is -0.381 e. The first-order valence-corrected chi connectivity index (χ1v) is 5.80. The van der Waals surface area contributed by atoms with Crippen LogP contribution in [0.3, 0.4) is 0 Å². The predicted octanol–water partition coefficient (Wildman–Crippen LogP) is 0.705. The first-order valence-electron chi connectivity index (χ1n) is 5.80. The third-order valence-corrected chi connectivity index (χ3v) is 3.85. The van der Waals surface area contributed by atoms with Crippen LogP contribution in [0, 0.1) is 5.92 Å². The van der Waals surface area contributed by atoms with Crippen molar-refractivity contribution in [3.63, 3.8) is 0 Å². The predicted molar refractivity (Wildman–Crippen MR) is 57.4 cm³/mol. The molecule has 2 aliphatic heterocycles. The van der Waals surface area contributed by atoms with Crippen molar-refractivity contribution in [3.8, 4) is 0 Å². The molecular formula is C11H22N2O. The molecule has 14 heavy (non-hydrogen) atoms. The Morgan fingerprint density at radius 2 is 2.29 bits per heavy atom. The highest BCUT2D eigenvalue weighted by molar-refractivity contribution is 4.86. The third-order valence-electron chi connectivity index (χ3n) is 3.85. The Morgan fingerprint density at radius 3 is 2.86 bits per heavy atom. The Balaban J connectivity index is 1.83. The first-order chi connectivity index (χ1) is 6.81. The summed E-state index contributed by atoms with van der Waals surface area (Å²) in [6, 6.07) is 1.41. The molecule has 2 fully saturated rings. The van der Waals surface area contributed by atoms with E-state index in [-0.39, 0.29) is 0 Å². The van der Waals surface area contributed by atoms with Crippen LogP contribution >= 0.6 is 0 Å². The highest BCUT2D eigenvalue weighted by Crippen LogP contribution is 2.23. The molecular weight excluding hydrogens is 176 g/mol. The average Bonchev–Trinajstić information content (AvgIpc) is 2.88. The Morgan fingerprint density at radius 1 is 1.43 bits per heavy atom. The molecule has 2 aliphatic rings. The van der Waals surface area contributed by atoms with Crippen molar-refractivity contribution in [2.45, 2.75) is 31.8 Å². The van der Waals surface area contributed by atoms with E-state index in [0.29, 0.717) is 12.1 Å². The minimum atomic E-state index is 0.704. The van der Waals surface area contributed by atoms with Gasteiger partial charge in [-0.2, -0.15) is 0 Å². The van der Waals surface area contributed by atoms with Crippen molar-refractivity contribution < 1.29 is 4.74 Å². The van der Waals surface area contributed by atoms with Gasteiger partial charge in [0.25, 0.3) is 0 Å². The van der Waals surface area contributed by atoms with E-state index in [0.717, 1.165) is 19.1 Å². The molecule has 2 saturated heterocycles. The van der Waals surface area contributed by atoms with Crippen molar-refractivity contribution in [1.29, 1.82) is 0 Å². The van der Waals surface area contributed by atoms with Crippen LogP contribution in [0.15, 0.2) is 0 Å². The summed E-state index contributed by atoms with van der Waals surface area (Å²) in [6.45, 7) is 6.77. The van der Waals surface area contributed by atoms with Gasteiger partial charge in [0.15, 0.2) is 0 Å². The number of hydrogen-bond acceptors (Lipinski definition) is 3. The van der Waals surface area contributed by atoms with E-state index >= 15 is 0 Å². The van der Waals surface area contributed by atoms with Crippen LogP contribution in [0.4, 0.5) is 0 Å². The highest BCUT2D eigenvalue weighted by Gasteiger charge is 2.31. The van der Waals surface area contributed by atoms with Gasteiger partial charge in [-0.15, -0.1) is 0 Å². The minimum absolute atomic E-state index is 0.704. The Hall–Kier alpha value is -0.120. The van der Waals surface area contributed by atoms with Crippen LogP contribution < -0.4 is 5.32 Å². The summed E-state index contributed by atoms with van der Waals surface area (Å²) in [7, 11) is 2.07. The number of likely N-dealkylation sites (tertiary alicyclic amines) is 1. The molecule has 2 heterocycles. The van der Waals surface area contributed by atoms with Crippen LogP contribution in [0.2, 0.25) is 0 Å². The van der Waals surface area contributed by atoms with Crippen LogP contribution in [0.5, 0.6) is 0 Å². The van der Waals surface area contributed by atoms with E-state index in [9.17, 15) is 0 Å². The molecule has 0 spiro atoms. The van der Waals surface area contributed by atoms with E-state index in [1.54, 1.807) is 0 Å². The Kier molecular flexibility index (Phi) is 3.42. The lowest BCUT2D eigenvalue weighted by Crippen LogP contribution is -2.39. The van der Waals surface area contributed by atoms with Crippen molar-refractivity contribution in [3.05, 3.63) is 0 Å². The smallest absolute Gasteiger partial charge is 0.0509 e. The number of likely N-dealkylation sites (N-methyl/N-ethyl adjacent to an activating group) is 1. The van der Waals surface area contributed by atoms with Crippen molar-refractivity contribution >= 4 is 0 Å². The van der Waals surface area contributed by atoms with Gasteiger partial charge >= 0.3 is 0 Å². The van der Waals surface area contributed by atoms with Gasteiger partial charge in [-0.1, -0.05) is 0 Å². The molecule has 3 unspecified atom stereocenters. The molecule has 0 amide bonds. The lowest BCUT2D eigenvalue weighted by molar-refractivity contribution is 0.143. The summed E-state index contributed by atoms with van der Waals surface area (Å²) in [6.07, 6.45) is 2.55. The second-order valence-corrected chi connectivity index (χ2v) is 4.63. The molecule has 0 aromatic rings. The lowest BCUT2D eigenvalue weighted by atomic mass is 10.00. The van der Waals surface area contributed by atoms with Crippen molar-refractivity contribution in [1.82, 2.24) is 10.2 Å². The number of nitrogens with one attached hydrogen (secondary N) is 1. The average molecular weight is 198 g/mol. The highest BCUT2D eigenvalue weighted by atomic mass is 16.5. The van der Waals surface area contributed by atoms with Crippen LogP contribution in [0.1, 0.15) is 19.8 Å². The summed E-state index contributed by atoms with van der Waals surface area (Å²) >= 11 is 0. The number of nitrogens with zero attached hydrogens (tertiary/aromatic N) is 1. The third kappa shape index (κ3) is 2.10. The van der Waals surface area contributed by atoms with E-state index in [1.807, 2.05) is 0 Å². The Bertz CT molecular complexity index is 180. The van der Waals surface area contributed by atoms with Gasteiger partial charge in [0, 0.05) is 31.8 Å². The van der Waals surface area contributed by atoms with Crippen LogP contribution in [-0.2, 0) is 4.74 Å². The van der Waals surface area contributed by atoms with Gasteiger partial charge in [-0.05, 0) is 32.7 Å². The Labute approximate surface area is 86.8 Å². The quantitative estimate of drug-likeness (QED) is 0.722. The molecule has 0 aliphatic carbocycles. The first kappa shape index (κ1) is 10.4. The fraction of sp³-hybridized carbons (Fsp3) is 1.00. The fourth-order valence-electron chi connectivity index (χ4n) is 2.62. The second kappa shape index (κ2) is 4.60. The van der Waals surface area contributed by atoms with Gasteiger partial charge in [-0.3, -0.25) is 4.90 Å². The molecule has 3 nitrogen and oxygen atoms in total. The number of hydrogen-bond donors (Lipinski definition) is 1. The molecule has 0 saturated carbocycles. The van der Waals surface area contributed by atoms with E-state index < -0.39 is 0 Å².